The van der Waals surface area contributed by atoms with E-state index in [1.165, 1.54) is 18.4 Å². The fourth-order valence-electron chi connectivity index (χ4n) is 2.58. The molecule has 0 saturated carbocycles. The van der Waals surface area contributed by atoms with Gasteiger partial charge in [0.1, 0.15) is 11.9 Å². The fourth-order valence-corrected chi connectivity index (χ4v) is 3.49. The molecular formula is C21H30N4O3S. The Morgan fingerprint density at radius 1 is 1.10 bits per heavy atom. The van der Waals surface area contributed by atoms with Gasteiger partial charge < -0.3 is 15.4 Å². The van der Waals surface area contributed by atoms with Crippen LogP contribution < -0.4 is 15.4 Å². The number of benzene rings is 2. The van der Waals surface area contributed by atoms with Crippen LogP contribution in [-0.2, 0) is 16.6 Å². The number of guanidine groups is 1. The minimum atomic E-state index is -3.41. The van der Waals surface area contributed by atoms with Crippen LogP contribution in [0.2, 0.25) is 0 Å². The molecule has 0 aliphatic heterocycles. The molecule has 0 aromatic heterocycles. The number of rotatable bonds is 8. The van der Waals surface area contributed by atoms with Gasteiger partial charge in [0.2, 0.25) is 10.0 Å². The topological polar surface area (TPSA) is 83.0 Å². The summed E-state index contributed by atoms with van der Waals surface area (Å²) in [6, 6.07) is 14.7. The molecule has 2 aromatic carbocycles. The van der Waals surface area contributed by atoms with Crippen LogP contribution in [0.5, 0.6) is 5.75 Å². The number of aliphatic imine (C=N–C) groups is 1. The van der Waals surface area contributed by atoms with E-state index in [1.54, 1.807) is 31.3 Å². The summed E-state index contributed by atoms with van der Waals surface area (Å²) in [5.41, 5.74) is 2.05. The Bertz CT molecular complexity index is 925. The summed E-state index contributed by atoms with van der Waals surface area (Å²) in [4.78, 5) is 4.49. The van der Waals surface area contributed by atoms with Crippen molar-refractivity contribution in [3.8, 4) is 5.75 Å². The lowest BCUT2D eigenvalue weighted by Gasteiger charge is -2.19. The highest BCUT2D eigenvalue weighted by Gasteiger charge is 2.16. The summed E-state index contributed by atoms with van der Waals surface area (Å²) >= 11 is 0. The van der Waals surface area contributed by atoms with Crippen LogP contribution in [-0.4, -0.2) is 52.5 Å². The molecule has 8 heteroatoms. The third-order valence-corrected chi connectivity index (χ3v) is 6.19. The van der Waals surface area contributed by atoms with Gasteiger partial charge in [-0.1, -0.05) is 30.3 Å². The molecule has 29 heavy (non-hydrogen) atoms. The molecule has 0 spiro atoms. The molecular weight excluding hydrogens is 388 g/mol. The molecule has 0 bridgehead atoms. The van der Waals surface area contributed by atoms with Crippen molar-refractivity contribution >= 4 is 16.0 Å². The molecule has 2 rings (SSSR count). The minimum Gasteiger partial charge on any atom is -0.489 e. The van der Waals surface area contributed by atoms with Crippen LogP contribution in [0, 0.1) is 6.92 Å². The first-order valence-corrected chi connectivity index (χ1v) is 10.9. The zero-order valence-corrected chi connectivity index (χ0v) is 18.5. The Labute approximate surface area is 173 Å². The van der Waals surface area contributed by atoms with Crippen LogP contribution in [0.3, 0.4) is 0 Å². The first kappa shape index (κ1) is 22.7. The average molecular weight is 419 g/mol. The summed E-state index contributed by atoms with van der Waals surface area (Å²) in [5.74, 6) is 1.52. The standard InChI is InChI=1S/C21H30N4O3S/c1-16-8-6-7-9-20(16)28-17(2)14-23-21(22-3)24-15-18-10-12-19(13-11-18)29(26,27)25(4)5/h6-13,17H,14-15H2,1-5H3,(H2,22,23,24). The number of ether oxygens (including phenoxy) is 1. The maximum atomic E-state index is 12.1. The summed E-state index contributed by atoms with van der Waals surface area (Å²) in [5, 5.41) is 6.46. The van der Waals surface area contributed by atoms with Crippen molar-refractivity contribution in [2.24, 2.45) is 4.99 Å². The molecule has 158 valence electrons. The molecule has 2 aromatic rings. The van der Waals surface area contributed by atoms with E-state index in [-0.39, 0.29) is 11.0 Å². The molecule has 0 aliphatic carbocycles. The highest BCUT2D eigenvalue weighted by molar-refractivity contribution is 7.89. The first-order chi connectivity index (χ1) is 13.7. The van der Waals surface area contributed by atoms with Crippen molar-refractivity contribution in [2.75, 3.05) is 27.7 Å². The zero-order chi connectivity index (χ0) is 21.4. The molecule has 0 amide bonds. The molecule has 2 N–H and O–H groups in total. The lowest BCUT2D eigenvalue weighted by molar-refractivity contribution is 0.222. The number of hydrogen-bond donors (Lipinski definition) is 2. The lowest BCUT2D eigenvalue weighted by Crippen LogP contribution is -2.41. The third-order valence-electron chi connectivity index (χ3n) is 4.36. The van der Waals surface area contributed by atoms with Crippen LogP contribution >= 0.6 is 0 Å². The second-order valence-corrected chi connectivity index (χ2v) is 9.08. The maximum absolute atomic E-state index is 12.1. The molecule has 1 atom stereocenters. The average Bonchev–Trinajstić information content (AvgIpc) is 2.70. The molecule has 0 radical (unpaired) electrons. The van der Waals surface area contributed by atoms with Gasteiger partial charge in [0.25, 0.3) is 0 Å². The van der Waals surface area contributed by atoms with Gasteiger partial charge in [-0.2, -0.15) is 0 Å². The summed E-state index contributed by atoms with van der Waals surface area (Å²) < 4.78 is 31.4. The molecule has 7 nitrogen and oxygen atoms in total. The van der Waals surface area contributed by atoms with Crippen LogP contribution in [0.4, 0.5) is 0 Å². The van der Waals surface area contributed by atoms with Crippen LogP contribution in [0.15, 0.2) is 58.4 Å². The van der Waals surface area contributed by atoms with E-state index in [1.807, 2.05) is 38.1 Å². The van der Waals surface area contributed by atoms with E-state index in [9.17, 15) is 8.42 Å². The number of hydrogen-bond acceptors (Lipinski definition) is 4. The molecule has 0 fully saturated rings. The maximum Gasteiger partial charge on any atom is 0.242 e. The van der Waals surface area contributed by atoms with E-state index < -0.39 is 10.0 Å². The monoisotopic (exact) mass is 418 g/mol. The minimum absolute atomic E-state index is 0.0369. The largest absolute Gasteiger partial charge is 0.489 e. The summed E-state index contributed by atoms with van der Waals surface area (Å²) in [7, 11) is 1.33. The highest BCUT2D eigenvalue weighted by atomic mass is 32.2. The van der Waals surface area contributed by atoms with Gasteiger partial charge >= 0.3 is 0 Å². The third kappa shape index (κ3) is 6.47. The van der Waals surface area contributed by atoms with Crippen molar-refractivity contribution < 1.29 is 13.2 Å². The predicted molar refractivity (Wildman–Crippen MR) is 117 cm³/mol. The van der Waals surface area contributed by atoms with Crippen molar-refractivity contribution in [3.63, 3.8) is 0 Å². The van der Waals surface area contributed by atoms with Gasteiger partial charge in [-0.05, 0) is 43.2 Å². The molecule has 1 unspecified atom stereocenters. The van der Waals surface area contributed by atoms with E-state index in [2.05, 4.69) is 15.6 Å². The number of aryl methyl sites for hydroxylation is 1. The van der Waals surface area contributed by atoms with Crippen LogP contribution in [0.1, 0.15) is 18.1 Å². The number of nitrogens with one attached hydrogen (secondary N) is 2. The second kappa shape index (κ2) is 10.3. The summed E-state index contributed by atoms with van der Waals surface area (Å²) in [6.07, 6.45) is -0.0369. The first-order valence-electron chi connectivity index (χ1n) is 9.42. The Morgan fingerprint density at radius 2 is 1.76 bits per heavy atom. The Balaban J connectivity index is 1.85. The SMILES string of the molecule is CN=C(NCc1ccc(S(=O)(=O)N(C)C)cc1)NCC(C)Oc1ccccc1C. The molecule has 0 heterocycles. The van der Waals surface area contributed by atoms with Crippen molar-refractivity contribution in [1.82, 2.24) is 14.9 Å². The van der Waals surface area contributed by atoms with Gasteiger partial charge in [-0.15, -0.1) is 0 Å². The number of sulfonamides is 1. The quantitative estimate of drug-likeness (QED) is 0.508. The van der Waals surface area contributed by atoms with E-state index in [0.717, 1.165) is 16.9 Å². The Kier molecular flexibility index (Phi) is 8.04. The second-order valence-electron chi connectivity index (χ2n) is 6.93. The van der Waals surface area contributed by atoms with Gasteiger partial charge in [0.15, 0.2) is 5.96 Å². The van der Waals surface area contributed by atoms with Gasteiger partial charge in [0, 0.05) is 27.7 Å². The highest BCUT2D eigenvalue weighted by Crippen LogP contribution is 2.17. The van der Waals surface area contributed by atoms with Crippen molar-refractivity contribution in [1.29, 1.82) is 0 Å². The summed E-state index contributed by atoms with van der Waals surface area (Å²) in [6.45, 7) is 5.13. The van der Waals surface area contributed by atoms with Gasteiger partial charge in [-0.25, -0.2) is 12.7 Å². The normalized spacial score (nSPS) is 13.2. The smallest absolute Gasteiger partial charge is 0.242 e. The Morgan fingerprint density at radius 3 is 2.34 bits per heavy atom. The molecule has 0 saturated heterocycles. The Hall–Kier alpha value is -2.58. The van der Waals surface area contributed by atoms with Crippen molar-refractivity contribution in [2.45, 2.75) is 31.4 Å². The van der Waals surface area contributed by atoms with E-state index >= 15 is 0 Å². The van der Waals surface area contributed by atoms with Crippen LogP contribution in [0.25, 0.3) is 0 Å². The number of nitrogens with zero attached hydrogens (tertiary/aromatic N) is 2. The molecule has 0 aliphatic rings. The van der Waals surface area contributed by atoms with E-state index in [4.69, 9.17) is 4.74 Å². The van der Waals surface area contributed by atoms with Crippen molar-refractivity contribution in [3.05, 3.63) is 59.7 Å². The van der Waals surface area contributed by atoms with Gasteiger partial charge in [0.05, 0.1) is 11.4 Å². The number of para-hydroxylation sites is 1. The van der Waals surface area contributed by atoms with E-state index in [0.29, 0.717) is 19.0 Å². The lowest BCUT2D eigenvalue weighted by atomic mass is 10.2. The van der Waals surface area contributed by atoms with Gasteiger partial charge in [-0.3, -0.25) is 4.99 Å². The zero-order valence-electron chi connectivity index (χ0n) is 17.6. The fraction of sp³-hybridized carbons (Fsp3) is 0.381. The predicted octanol–water partition coefficient (Wildman–Crippen LogP) is 2.38.